The van der Waals surface area contributed by atoms with Crippen LogP contribution < -0.4 is 0 Å². The molecule has 0 spiro atoms. The van der Waals surface area contributed by atoms with E-state index >= 15 is 0 Å². The number of thiophene rings is 1. The van der Waals surface area contributed by atoms with E-state index in [9.17, 15) is 0 Å². The van der Waals surface area contributed by atoms with Crippen LogP contribution in [0.3, 0.4) is 0 Å². The van der Waals surface area contributed by atoms with Crippen LogP contribution in [-0.2, 0) is 0 Å². The van der Waals surface area contributed by atoms with Gasteiger partial charge in [-0.3, -0.25) is 4.57 Å². The first-order chi connectivity index (χ1) is 31.7. The van der Waals surface area contributed by atoms with Gasteiger partial charge in [-0.1, -0.05) is 140 Å². The average molecular weight is 836 g/mol. The number of fused-ring (bicyclic) bond motifs is 12. The molecule has 298 valence electrons. The Labute approximate surface area is 369 Å². The Morgan fingerprint density at radius 1 is 0.375 bits per heavy atom. The molecule has 14 rings (SSSR count). The summed E-state index contributed by atoms with van der Waals surface area (Å²) in [5.41, 5.74) is 11.0. The van der Waals surface area contributed by atoms with E-state index in [2.05, 4.69) is 203 Å². The van der Waals surface area contributed by atoms with E-state index in [1.165, 1.54) is 25.6 Å². The van der Waals surface area contributed by atoms with Gasteiger partial charge in [-0.15, -0.1) is 11.3 Å². The largest absolute Gasteiger partial charge is 0.455 e. The molecule has 0 amide bonds. The van der Waals surface area contributed by atoms with Gasteiger partial charge in [0.05, 0.1) is 22.1 Å². The zero-order valence-corrected chi connectivity index (χ0v) is 34.9. The minimum Gasteiger partial charge on any atom is -0.455 e. The number of nitrogens with zero attached hydrogens (tertiary/aromatic N) is 5. The molecule has 7 heteroatoms. The summed E-state index contributed by atoms with van der Waals surface area (Å²) in [6, 6.07) is 70.7. The standard InChI is InChI=1S/C57H33N5OS/c1-3-15-34(16-4-1)37-22-13-23-41-40-30-29-35(31-50(40)63-54(37)41)55-58-56(43-24-14-28-52-53(43)42-21-9-12-27-51(42)64-52)60-57(59-55)62-47-26-11-8-20-39(47)45-32-44-38-19-7-10-25-46(38)61(48(44)33-49(45)62)36-17-5-2-6-18-36/h1-33H. The minimum atomic E-state index is 0.542. The van der Waals surface area contributed by atoms with Crippen molar-refractivity contribution in [2.45, 2.75) is 0 Å². The van der Waals surface area contributed by atoms with E-state index < -0.39 is 0 Å². The van der Waals surface area contributed by atoms with E-state index in [-0.39, 0.29) is 0 Å². The SMILES string of the molecule is c1ccc(-c2cccc3c2oc2cc(-c4nc(-c5cccc6sc7ccccc7c56)nc(-n5c6ccccc6c6cc7c8ccccc8n(-c8ccccc8)c7cc65)n4)ccc23)cc1. The lowest BCUT2D eigenvalue weighted by molar-refractivity contribution is 0.670. The molecule has 0 saturated heterocycles. The predicted molar refractivity (Wildman–Crippen MR) is 265 cm³/mol. The number of hydrogen-bond acceptors (Lipinski definition) is 5. The van der Waals surface area contributed by atoms with Crippen LogP contribution in [0.25, 0.3) is 131 Å². The Morgan fingerprint density at radius 3 is 1.81 bits per heavy atom. The maximum absolute atomic E-state index is 6.76. The summed E-state index contributed by atoms with van der Waals surface area (Å²) in [6.45, 7) is 0. The number of aromatic nitrogens is 5. The maximum Gasteiger partial charge on any atom is 0.238 e. The Bertz CT molecular complexity index is 4200. The molecular formula is C57H33N5OS. The van der Waals surface area contributed by atoms with Crippen LogP contribution in [0.2, 0.25) is 0 Å². The normalized spacial score (nSPS) is 12.1. The molecule has 0 atom stereocenters. The lowest BCUT2D eigenvalue weighted by Gasteiger charge is -2.12. The zero-order valence-electron chi connectivity index (χ0n) is 34.1. The molecule has 0 aliphatic carbocycles. The maximum atomic E-state index is 6.76. The molecular weight excluding hydrogens is 803 g/mol. The van der Waals surface area contributed by atoms with Crippen LogP contribution in [0.4, 0.5) is 0 Å². The second kappa shape index (κ2) is 13.6. The van der Waals surface area contributed by atoms with Gasteiger partial charge in [0.2, 0.25) is 5.95 Å². The smallest absolute Gasteiger partial charge is 0.238 e. The third-order valence-electron chi connectivity index (χ3n) is 12.8. The van der Waals surface area contributed by atoms with Crippen molar-refractivity contribution in [2.24, 2.45) is 0 Å². The summed E-state index contributed by atoms with van der Waals surface area (Å²) >= 11 is 1.79. The molecule has 0 fully saturated rings. The van der Waals surface area contributed by atoms with Gasteiger partial charge >= 0.3 is 0 Å². The van der Waals surface area contributed by atoms with Crippen LogP contribution in [-0.4, -0.2) is 24.1 Å². The molecule has 0 N–H and O–H groups in total. The van der Waals surface area contributed by atoms with Crippen LogP contribution in [0.5, 0.6) is 0 Å². The number of rotatable bonds is 5. The van der Waals surface area contributed by atoms with Gasteiger partial charge in [0.25, 0.3) is 0 Å². The molecule has 0 unspecified atom stereocenters. The molecule has 5 aromatic heterocycles. The quantitative estimate of drug-likeness (QED) is 0.173. The van der Waals surface area contributed by atoms with Crippen molar-refractivity contribution in [1.29, 1.82) is 0 Å². The number of hydrogen-bond donors (Lipinski definition) is 0. The molecule has 14 aromatic rings. The summed E-state index contributed by atoms with van der Waals surface area (Å²) in [4.78, 5) is 16.3. The Kier molecular flexibility index (Phi) is 7.46. The van der Waals surface area contributed by atoms with Crippen LogP contribution in [0.1, 0.15) is 0 Å². The van der Waals surface area contributed by atoms with Gasteiger partial charge in [-0.05, 0) is 66.2 Å². The first-order valence-corrected chi connectivity index (χ1v) is 22.3. The molecule has 0 bridgehead atoms. The fourth-order valence-electron chi connectivity index (χ4n) is 9.96. The summed E-state index contributed by atoms with van der Waals surface area (Å²) in [6.07, 6.45) is 0. The number of para-hydroxylation sites is 4. The van der Waals surface area contributed by atoms with Crippen molar-refractivity contribution in [1.82, 2.24) is 24.1 Å². The van der Waals surface area contributed by atoms with E-state index in [4.69, 9.17) is 19.4 Å². The number of benzene rings is 9. The van der Waals surface area contributed by atoms with E-state index in [1.54, 1.807) is 11.3 Å². The summed E-state index contributed by atoms with van der Waals surface area (Å²) < 4.78 is 13.8. The molecule has 0 aliphatic heterocycles. The van der Waals surface area contributed by atoms with Gasteiger partial charge in [0.1, 0.15) is 11.2 Å². The Balaban J connectivity index is 1.06. The highest BCUT2D eigenvalue weighted by molar-refractivity contribution is 7.25. The second-order valence-electron chi connectivity index (χ2n) is 16.3. The second-order valence-corrected chi connectivity index (χ2v) is 17.4. The number of furan rings is 1. The first-order valence-electron chi connectivity index (χ1n) is 21.4. The molecule has 0 aliphatic rings. The summed E-state index contributed by atoms with van der Waals surface area (Å²) in [7, 11) is 0. The van der Waals surface area contributed by atoms with Crippen molar-refractivity contribution in [3.05, 3.63) is 200 Å². The fraction of sp³-hybridized carbons (Fsp3) is 0. The topological polar surface area (TPSA) is 61.7 Å². The zero-order chi connectivity index (χ0) is 41.9. The summed E-state index contributed by atoms with van der Waals surface area (Å²) in [5.74, 6) is 1.71. The third kappa shape index (κ3) is 5.16. The van der Waals surface area contributed by atoms with Crippen molar-refractivity contribution in [3.8, 4) is 45.5 Å². The van der Waals surface area contributed by atoms with Gasteiger partial charge < -0.3 is 8.98 Å². The minimum absolute atomic E-state index is 0.542. The lowest BCUT2D eigenvalue weighted by atomic mass is 10.0. The highest BCUT2D eigenvalue weighted by atomic mass is 32.1. The Morgan fingerprint density at radius 2 is 1.00 bits per heavy atom. The first kappa shape index (κ1) is 35.2. The van der Waals surface area contributed by atoms with E-state index in [1.807, 2.05) is 6.07 Å². The van der Waals surface area contributed by atoms with Crippen molar-refractivity contribution >= 4 is 97.1 Å². The van der Waals surface area contributed by atoms with E-state index in [0.717, 1.165) is 88.1 Å². The molecule has 64 heavy (non-hydrogen) atoms. The molecule has 0 saturated carbocycles. The third-order valence-corrected chi connectivity index (χ3v) is 13.9. The fourth-order valence-corrected chi connectivity index (χ4v) is 11.1. The van der Waals surface area contributed by atoms with Crippen LogP contribution in [0.15, 0.2) is 205 Å². The van der Waals surface area contributed by atoms with E-state index in [0.29, 0.717) is 17.6 Å². The predicted octanol–water partition coefficient (Wildman–Crippen LogP) is 15.3. The molecule has 9 aromatic carbocycles. The highest BCUT2D eigenvalue weighted by Gasteiger charge is 2.23. The van der Waals surface area contributed by atoms with Crippen molar-refractivity contribution < 1.29 is 4.42 Å². The summed E-state index contributed by atoms with van der Waals surface area (Å²) in [5, 5.41) is 9.10. The lowest BCUT2D eigenvalue weighted by Crippen LogP contribution is -2.06. The average Bonchev–Trinajstić information content (AvgIpc) is 4.11. The van der Waals surface area contributed by atoms with Crippen LogP contribution >= 0.6 is 11.3 Å². The van der Waals surface area contributed by atoms with Gasteiger partial charge in [0.15, 0.2) is 11.6 Å². The highest BCUT2D eigenvalue weighted by Crippen LogP contribution is 2.43. The van der Waals surface area contributed by atoms with Crippen LogP contribution in [0, 0.1) is 0 Å². The molecule has 6 nitrogen and oxygen atoms in total. The Hall–Kier alpha value is -8.39. The van der Waals surface area contributed by atoms with Crippen molar-refractivity contribution in [3.63, 3.8) is 0 Å². The van der Waals surface area contributed by atoms with Gasteiger partial charge in [-0.25, -0.2) is 4.98 Å². The van der Waals surface area contributed by atoms with Gasteiger partial charge in [0, 0.05) is 74.9 Å². The molecule has 0 radical (unpaired) electrons. The van der Waals surface area contributed by atoms with Crippen molar-refractivity contribution in [2.75, 3.05) is 0 Å². The monoisotopic (exact) mass is 835 g/mol. The van der Waals surface area contributed by atoms with Gasteiger partial charge in [-0.2, -0.15) is 9.97 Å². The molecule has 5 heterocycles.